The Hall–Kier alpha value is -0.890. The second-order valence-corrected chi connectivity index (χ2v) is 4.66. The van der Waals surface area contributed by atoms with E-state index in [1.807, 2.05) is 6.92 Å². The molecule has 82 valence electrons. The van der Waals surface area contributed by atoms with Crippen molar-refractivity contribution in [2.24, 2.45) is 5.41 Å². The molecule has 0 bridgehead atoms. The van der Waals surface area contributed by atoms with Gasteiger partial charge < -0.3 is 5.32 Å². The molecule has 1 heterocycles. The number of carbonyl (C=O) groups excluding carboxylic acids is 1. The molecule has 1 aliphatic heterocycles. The molecule has 1 aliphatic carbocycles. The standard InChI is InChI=1S/C13H19NO/c1-2-11(15)9-13-7-5-3-4-6-8-14-12(13)10-13/h3-6,12,14H,2,7-10H2,1H3/b5-3-,6-4-. The zero-order valence-electron chi connectivity index (χ0n) is 9.33. The number of carbonyl (C=O) groups is 1. The lowest BCUT2D eigenvalue weighted by molar-refractivity contribution is -0.120. The van der Waals surface area contributed by atoms with Gasteiger partial charge >= 0.3 is 0 Å². The van der Waals surface area contributed by atoms with Gasteiger partial charge in [-0.15, -0.1) is 0 Å². The number of rotatable bonds is 3. The van der Waals surface area contributed by atoms with E-state index in [-0.39, 0.29) is 5.41 Å². The lowest BCUT2D eigenvalue weighted by Gasteiger charge is -2.14. The number of allylic oxidation sites excluding steroid dienone is 3. The van der Waals surface area contributed by atoms with Gasteiger partial charge in [0.25, 0.3) is 0 Å². The molecule has 0 aromatic heterocycles. The summed E-state index contributed by atoms with van der Waals surface area (Å²) in [5.74, 6) is 0.403. The number of ketones is 1. The summed E-state index contributed by atoms with van der Waals surface area (Å²) in [6, 6.07) is 0.556. The van der Waals surface area contributed by atoms with Crippen LogP contribution in [0.5, 0.6) is 0 Å². The topological polar surface area (TPSA) is 29.1 Å². The maximum atomic E-state index is 11.5. The molecule has 1 fully saturated rings. The maximum absolute atomic E-state index is 11.5. The first-order chi connectivity index (χ1) is 7.27. The summed E-state index contributed by atoms with van der Waals surface area (Å²) in [5, 5.41) is 3.49. The molecule has 2 atom stereocenters. The van der Waals surface area contributed by atoms with Gasteiger partial charge in [-0.2, -0.15) is 0 Å². The van der Waals surface area contributed by atoms with Gasteiger partial charge in [0.05, 0.1) is 0 Å². The van der Waals surface area contributed by atoms with Crippen molar-refractivity contribution >= 4 is 5.78 Å². The highest BCUT2D eigenvalue weighted by Crippen LogP contribution is 2.52. The Bertz CT molecular complexity index is 306. The van der Waals surface area contributed by atoms with Crippen molar-refractivity contribution in [1.29, 1.82) is 0 Å². The van der Waals surface area contributed by atoms with Crippen LogP contribution in [0.25, 0.3) is 0 Å². The van der Waals surface area contributed by atoms with E-state index >= 15 is 0 Å². The van der Waals surface area contributed by atoms with Crippen molar-refractivity contribution in [3.05, 3.63) is 24.3 Å². The molecule has 0 aromatic rings. The second-order valence-electron chi connectivity index (χ2n) is 4.66. The first-order valence-electron chi connectivity index (χ1n) is 5.83. The fourth-order valence-electron chi connectivity index (χ4n) is 2.39. The third-order valence-electron chi connectivity index (χ3n) is 3.52. The van der Waals surface area contributed by atoms with Crippen LogP contribution in [-0.2, 0) is 4.79 Å². The molecule has 0 radical (unpaired) electrons. The number of hydrogen-bond acceptors (Lipinski definition) is 2. The van der Waals surface area contributed by atoms with Gasteiger partial charge in [-0.3, -0.25) is 4.79 Å². The summed E-state index contributed by atoms with van der Waals surface area (Å²) in [5.41, 5.74) is 0.246. The minimum atomic E-state index is 0.246. The Morgan fingerprint density at radius 2 is 2.27 bits per heavy atom. The average molecular weight is 205 g/mol. The van der Waals surface area contributed by atoms with Gasteiger partial charge in [0.1, 0.15) is 5.78 Å². The van der Waals surface area contributed by atoms with E-state index in [9.17, 15) is 4.79 Å². The molecule has 15 heavy (non-hydrogen) atoms. The van der Waals surface area contributed by atoms with Crippen molar-refractivity contribution in [1.82, 2.24) is 5.32 Å². The predicted molar refractivity (Wildman–Crippen MR) is 61.7 cm³/mol. The fourth-order valence-corrected chi connectivity index (χ4v) is 2.39. The smallest absolute Gasteiger partial charge is 0.133 e. The highest BCUT2D eigenvalue weighted by Gasteiger charge is 2.53. The average Bonchev–Trinajstić information content (AvgIpc) is 2.89. The molecule has 2 unspecified atom stereocenters. The molecular weight excluding hydrogens is 186 g/mol. The molecule has 2 aliphatic rings. The molecule has 0 spiro atoms. The summed E-state index contributed by atoms with van der Waals surface area (Å²) in [6.45, 7) is 2.88. The molecule has 1 N–H and O–H groups in total. The highest BCUT2D eigenvalue weighted by molar-refractivity contribution is 5.79. The zero-order chi connectivity index (χ0) is 10.7. The van der Waals surface area contributed by atoms with E-state index < -0.39 is 0 Å². The summed E-state index contributed by atoms with van der Waals surface area (Å²) >= 11 is 0. The van der Waals surface area contributed by atoms with Crippen LogP contribution < -0.4 is 5.32 Å². The molecular formula is C13H19NO. The van der Waals surface area contributed by atoms with Crippen molar-refractivity contribution in [3.63, 3.8) is 0 Å². The fraction of sp³-hybridized carbons (Fsp3) is 0.615. The van der Waals surface area contributed by atoms with E-state index in [1.165, 1.54) is 0 Å². The zero-order valence-corrected chi connectivity index (χ0v) is 9.33. The van der Waals surface area contributed by atoms with E-state index in [1.54, 1.807) is 0 Å². The van der Waals surface area contributed by atoms with Crippen molar-refractivity contribution in [3.8, 4) is 0 Å². The summed E-state index contributed by atoms with van der Waals surface area (Å²) in [7, 11) is 0. The Balaban J connectivity index is 2.00. The third kappa shape index (κ3) is 2.37. The van der Waals surface area contributed by atoms with Gasteiger partial charge in [0, 0.05) is 25.4 Å². The van der Waals surface area contributed by atoms with E-state index in [0.29, 0.717) is 18.2 Å². The highest BCUT2D eigenvalue weighted by atomic mass is 16.1. The monoisotopic (exact) mass is 205 g/mol. The molecule has 0 aromatic carbocycles. The van der Waals surface area contributed by atoms with Gasteiger partial charge in [0.15, 0.2) is 0 Å². The minimum absolute atomic E-state index is 0.246. The van der Waals surface area contributed by atoms with Crippen LogP contribution in [0, 0.1) is 5.41 Å². The van der Waals surface area contributed by atoms with Gasteiger partial charge in [-0.1, -0.05) is 31.2 Å². The lowest BCUT2D eigenvalue weighted by Crippen LogP contribution is -2.24. The van der Waals surface area contributed by atoms with Gasteiger partial charge in [0.2, 0.25) is 0 Å². The third-order valence-corrected chi connectivity index (χ3v) is 3.52. The Morgan fingerprint density at radius 3 is 3.07 bits per heavy atom. The molecule has 0 amide bonds. The molecule has 0 saturated heterocycles. The minimum Gasteiger partial charge on any atom is -0.310 e. The van der Waals surface area contributed by atoms with E-state index in [0.717, 1.165) is 25.8 Å². The quantitative estimate of drug-likeness (QED) is 0.765. The normalized spacial score (nSPS) is 38.1. The van der Waals surface area contributed by atoms with Crippen molar-refractivity contribution < 1.29 is 4.79 Å². The van der Waals surface area contributed by atoms with E-state index in [2.05, 4.69) is 29.6 Å². The first-order valence-corrected chi connectivity index (χ1v) is 5.83. The van der Waals surface area contributed by atoms with Gasteiger partial charge in [-0.05, 0) is 18.3 Å². The van der Waals surface area contributed by atoms with Crippen LogP contribution in [0.3, 0.4) is 0 Å². The Morgan fingerprint density at radius 1 is 1.47 bits per heavy atom. The number of nitrogens with one attached hydrogen (secondary N) is 1. The van der Waals surface area contributed by atoms with E-state index in [4.69, 9.17) is 0 Å². The summed E-state index contributed by atoms with van der Waals surface area (Å²) in [6.07, 6.45) is 12.1. The van der Waals surface area contributed by atoms with Crippen molar-refractivity contribution in [2.75, 3.05) is 6.54 Å². The SMILES string of the molecule is CCC(=O)CC12C/C=C\C=C/CNC1C2. The number of Topliss-reactive ketones (excluding diaryl/α,β-unsaturated/α-hetero) is 1. The van der Waals surface area contributed by atoms with Crippen LogP contribution in [0.1, 0.15) is 32.6 Å². The van der Waals surface area contributed by atoms with Crippen LogP contribution in [0.4, 0.5) is 0 Å². The predicted octanol–water partition coefficient (Wildman–Crippen LogP) is 2.22. The second kappa shape index (κ2) is 4.31. The Labute approximate surface area is 91.4 Å². The number of fused-ring (bicyclic) bond motifs is 1. The summed E-state index contributed by atoms with van der Waals surface area (Å²) in [4.78, 5) is 11.5. The van der Waals surface area contributed by atoms with Crippen LogP contribution in [-0.4, -0.2) is 18.4 Å². The largest absolute Gasteiger partial charge is 0.310 e. The molecule has 2 nitrogen and oxygen atoms in total. The Kier molecular flexibility index (Phi) is 3.06. The van der Waals surface area contributed by atoms with Gasteiger partial charge in [-0.25, -0.2) is 0 Å². The lowest BCUT2D eigenvalue weighted by atomic mass is 9.93. The van der Waals surface area contributed by atoms with Crippen LogP contribution in [0.2, 0.25) is 0 Å². The van der Waals surface area contributed by atoms with Crippen molar-refractivity contribution in [2.45, 2.75) is 38.6 Å². The molecule has 2 heteroatoms. The summed E-state index contributed by atoms with van der Waals surface area (Å²) < 4.78 is 0. The molecule has 1 saturated carbocycles. The molecule has 2 rings (SSSR count). The van der Waals surface area contributed by atoms with Crippen LogP contribution >= 0.6 is 0 Å². The maximum Gasteiger partial charge on any atom is 0.133 e. The first kappa shape index (κ1) is 10.6. The number of hydrogen-bond donors (Lipinski definition) is 1. The van der Waals surface area contributed by atoms with Crippen LogP contribution in [0.15, 0.2) is 24.3 Å².